The van der Waals surface area contributed by atoms with Crippen LogP contribution in [0.3, 0.4) is 0 Å². The van der Waals surface area contributed by atoms with E-state index in [0.717, 1.165) is 12.1 Å². The molecular formula is C13H19ClN2O2. The Morgan fingerprint density at radius 3 is 2.83 bits per heavy atom. The lowest BCUT2D eigenvalue weighted by atomic mass is 10.1. The molecule has 0 heterocycles. The number of nitrogens with zero attached hydrogens (tertiary/aromatic N) is 1. The maximum Gasteiger partial charge on any atom is 0.239 e. The van der Waals surface area contributed by atoms with E-state index in [9.17, 15) is 9.90 Å². The van der Waals surface area contributed by atoms with Crippen LogP contribution >= 0.6 is 11.6 Å². The zero-order valence-electron chi connectivity index (χ0n) is 10.7. The van der Waals surface area contributed by atoms with Crippen LogP contribution in [-0.4, -0.2) is 31.2 Å². The highest BCUT2D eigenvalue weighted by atomic mass is 35.5. The summed E-state index contributed by atoms with van der Waals surface area (Å²) in [6, 6.07) is 5.36. The first-order chi connectivity index (χ1) is 8.60. The Kier molecular flexibility index (Phi) is 5.95. The first-order valence-electron chi connectivity index (χ1n) is 5.96. The van der Waals surface area contributed by atoms with Crippen molar-refractivity contribution in [3.05, 3.63) is 28.8 Å². The third-order valence-corrected chi connectivity index (χ3v) is 2.97. The summed E-state index contributed by atoms with van der Waals surface area (Å²) in [7, 11) is 1.80. The van der Waals surface area contributed by atoms with Gasteiger partial charge >= 0.3 is 0 Å². The first kappa shape index (κ1) is 14.8. The summed E-state index contributed by atoms with van der Waals surface area (Å²) in [6.45, 7) is 2.78. The zero-order valence-corrected chi connectivity index (χ0v) is 11.5. The second kappa shape index (κ2) is 7.24. The SMILES string of the molecule is CCCNC(=O)CN(C)c1cccc(Cl)c1CO. The summed E-state index contributed by atoms with van der Waals surface area (Å²) in [5.74, 6) is -0.0387. The molecule has 0 aliphatic carbocycles. The number of benzene rings is 1. The summed E-state index contributed by atoms with van der Waals surface area (Å²) < 4.78 is 0. The standard InChI is InChI=1S/C13H19ClN2O2/c1-3-7-15-13(18)8-16(2)12-6-4-5-11(14)10(12)9-17/h4-6,17H,3,7-9H2,1-2H3,(H,15,18). The molecule has 5 heteroatoms. The molecule has 0 saturated carbocycles. The Morgan fingerprint density at radius 2 is 2.22 bits per heavy atom. The fourth-order valence-electron chi connectivity index (χ4n) is 1.68. The second-order valence-electron chi connectivity index (χ2n) is 4.10. The van der Waals surface area contributed by atoms with Crippen LogP contribution in [0.4, 0.5) is 5.69 Å². The summed E-state index contributed by atoms with van der Waals surface area (Å²) in [6.07, 6.45) is 0.911. The summed E-state index contributed by atoms with van der Waals surface area (Å²) in [5.41, 5.74) is 1.42. The van der Waals surface area contributed by atoms with Crippen molar-refractivity contribution in [3.8, 4) is 0 Å². The Bertz CT molecular complexity index is 410. The average molecular weight is 271 g/mol. The van der Waals surface area contributed by atoms with E-state index < -0.39 is 0 Å². The number of aliphatic hydroxyl groups excluding tert-OH is 1. The Labute approximate surface area is 113 Å². The van der Waals surface area contributed by atoms with Crippen molar-refractivity contribution >= 4 is 23.2 Å². The minimum Gasteiger partial charge on any atom is -0.392 e. The maximum absolute atomic E-state index is 11.6. The molecule has 0 aromatic heterocycles. The van der Waals surface area contributed by atoms with E-state index in [4.69, 9.17) is 11.6 Å². The number of halogens is 1. The van der Waals surface area contributed by atoms with E-state index in [1.54, 1.807) is 24.1 Å². The number of aliphatic hydroxyl groups is 1. The number of rotatable bonds is 6. The van der Waals surface area contributed by atoms with Crippen LogP contribution in [0, 0.1) is 0 Å². The quantitative estimate of drug-likeness (QED) is 0.829. The molecular weight excluding hydrogens is 252 g/mol. The van der Waals surface area contributed by atoms with Crippen LogP contribution in [0.25, 0.3) is 0 Å². The molecule has 0 aliphatic heterocycles. The topological polar surface area (TPSA) is 52.6 Å². The Morgan fingerprint density at radius 1 is 1.50 bits per heavy atom. The predicted molar refractivity (Wildman–Crippen MR) is 73.9 cm³/mol. The van der Waals surface area contributed by atoms with Crippen molar-refractivity contribution in [2.75, 3.05) is 25.0 Å². The van der Waals surface area contributed by atoms with Crippen molar-refractivity contribution in [2.24, 2.45) is 0 Å². The minimum absolute atomic E-state index is 0.0387. The van der Waals surface area contributed by atoms with Crippen LogP contribution in [-0.2, 0) is 11.4 Å². The third-order valence-electron chi connectivity index (χ3n) is 2.62. The van der Waals surface area contributed by atoms with E-state index in [1.807, 2.05) is 13.0 Å². The van der Waals surface area contributed by atoms with Crippen LogP contribution in [0.15, 0.2) is 18.2 Å². The van der Waals surface area contributed by atoms with Gasteiger partial charge in [-0.2, -0.15) is 0 Å². The summed E-state index contributed by atoms with van der Waals surface area (Å²) in [4.78, 5) is 13.4. The largest absolute Gasteiger partial charge is 0.392 e. The molecule has 1 rings (SSSR count). The van der Waals surface area contributed by atoms with Gasteiger partial charge in [0.1, 0.15) is 0 Å². The smallest absolute Gasteiger partial charge is 0.239 e. The molecule has 1 amide bonds. The lowest BCUT2D eigenvalue weighted by molar-refractivity contribution is -0.119. The number of amides is 1. The van der Waals surface area contributed by atoms with E-state index in [1.165, 1.54) is 0 Å². The van der Waals surface area contributed by atoms with Gasteiger partial charge in [-0.25, -0.2) is 0 Å². The van der Waals surface area contributed by atoms with Crippen LogP contribution in [0.1, 0.15) is 18.9 Å². The van der Waals surface area contributed by atoms with Crippen LogP contribution in [0.5, 0.6) is 0 Å². The van der Waals surface area contributed by atoms with Gasteiger partial charge in [0, 0.05) is 29.9 Å². The summed E-state index contributed by atoms with van der Waals surface area (Å²) >= 11 is 6.01. The number of nitrogens with one attached hydrogen (secondary N) is 1. The van der Waals surface area contributed by atoms with Crippen molar-refractivity contribution in [2.45, 2.75) is 20.0 Å². The molecule has 0 spiro atoms. The molecule has 0 fully saturated rings. The van der Waals surface area contributed by atoms with Crippen LogP contribution < -0.4 is 10.2 Å². The van der Waals surface area contributed by atoms with Gasteiger partial charge in [0.2, 0.25) is 5.91 Å². The number of hydrogen-bond donors (Lipinski definition) is 2. The van der Waals surface area contributed by atoms with Gasteiger partial charge in [-0.05, 0) is 18.6 Å². The molecule has 2 N–H and O–H groups in total. The van der Waals surface area contributed by atoms with Gasteiger partial charge in [0.15, 0.2) is 0 Å². The monoisotopic (exact) mass is 270 g/mol. The van der Waals surface area contributed by atoms with Gasteiger partial charge in [-0.1, -0.05) is 24.6 Å². The molecule has 100 valence electrons. The highest BCUT2D eigenvalue weighted by Crippen LogP contribution is 2.26. The molecule has 0 aliphatic rings. The molecule has 18 heavy (non-hydrogen) atoms. The molecule has 0 saturated heterocycles. The number of hydrogen-bond acceptors (Lipinski definition) is 3. The molecule has 1 aromatic carbocycles. The lowest BCUT2D eigenvalue weighted by Gasteiger charge is -2.22. The predicted octanol–water partition coefficient (Wildman–Crippen LogP) is 1.79. The normalized spacial score (nSPS) is 10.2. The number of anilines is 1. The molecule has 1 aromatic rings. The lowest BCUT2D eigenvalue weighted by Crippen LogP contribution is -2.35. The first-order valence-corrected chi connectivity index (χ1v) is 6.34. The fraction of sp³-hybridized carbons (Fsp3) is 0.462. The van der Waals surface area contributed by atoms with E-state index >= 15 is 0 Å². The van der Waals surface area contributed by atoms with Crippen molar-refractivity contribution in [1.29, 1.82) is 0 Å². The fourth-order valence-corrected chi connectivity index (χ4v) is 1.91. The Hall–Kier alpha value is -1.26. The number of carbonyl (C=O) groups excluding carboxylic acids is 1. The Balaban J connectivity index is 2.75. The molecule has 4 nitrogen and oxygen atoms in total. The molecule has 0 radical (unpaired) electrons. The minimum atomic E-state index is -0.143. The zero-order chi connectivity index (χ0) is 13.5. The van der Waals surface area contributed by atoms with Gasteiger partial charge in [-0.15, -0.1) is 0 Å². The van der Waals surface area contributed by atoms with Crippen LogP contribution in [0.2, 0.25) is 5.02 Å². The van der Waals surface area contributed by atoms with Gasteiger partial charge in [-0.3, -0.25) is 4.79 Å². The average Bonchev–Trinajstić information content (AvgIpc) is 2.35. The highest BCUT2D eigenvalue weighted by molar-refractivity contribution is 6.31. The highest BCUT2D eigenvalue weighted by Gasteiger charge is 2.12. The van der Waals surface area contributed by atoms with Gasteiger partial charge < -0.3 is 15.3 Å². The van der Waals surface area contributed by atoms with E-state index in [2.05, 4.69) is 5.32 Å². The molecule has 0 unspecified atom stereocenters. The third kappa shape index (κ3) is 3.89. The second-order valence-corrected chi connectivity index (χ2v) is 4.51. The van der Waals surface area contributed by atoms with Crippen molar-refractivity contribution in [1.82, 2.24) is 5.32 Å². The van der Waals surface area contributed by atoms with E-state index in [0.29, 0.717) is 17.1 Å². The van der Waals surface area contributed by atoms with Crippen molar-refractivity contribution in [3.63, 3.8) is 0 Å². The molecule has 0 atom stereocenters. The number of likely N-dealkylation sites (N-methyl/N-ethyl adjacent to an activating group) is 1. The maximum atomic E-state index is 11.6. The number of carbonyl (C=O) groups is 1. The summed E-state index contributed by atoms with van der Waals surface area (Å²) in [5, 5.41) is 12.6. The van der Waals surface area contributed by atoms with Gasteiger partial charge in [0.25, 0.3) is 0 Å². The van der Waals surface area contributed by atoms with E-state index in [-0.39, 0.29) is 19.1 Å². The van der Waals surface area contributed by atoms with Gasteiger partial charge in [0.05, 0.1) is 13.2 Å². The van der Waals surface area contributed by atoms with Crippen molar-refractivity contribution < 1.29 is 9.90 Å². The molecule has 0 bridgehead atoms.